The van der Waals surface area contributed by atoms with Crippen molar-refractivity contribution in [2.75, 3.05) is 38.0 Å². The monoisotopic (exact) mass is 714 g/mol. The molecule has 0 aliphatic rings. The van der Waals surface area contributed by atoms with Crippen LogP contribution in [0.4, 0.5) is 11.4 Å². The second-order valence-electron chi connectivity index (χ2n) is 14.4. The summed E-state index contributed by atoms with van der Waals surface area (Å²) in [5.41, 5.74) is 11.6. The molecule has 0 radical (unpaired) electrons. The molecule has 0 bridgehead atoms. The van der Waals surface area contributed by atoms with Gasteiger partial charge in [0, 0.05) is 63.8 Å². The SMILES string of the molecule is CC[C@@H](C)Oc1ccc([C+](c2ccc(O[C@H](C)CC)cc2)c2ccccc2-c2ccccc2[C+](c2ccc(N(C)C)cc2)c2ccc(N(C)C)cc2)cc1. The standard InChI is InChI=1S/C50H54N2O2/c1-9-35(3)53-43-31-23-39(24-32-43)50(40-25-33-44(34-26-40)54-36(4)10-2)48-18-14-12-16-46(48)45-15-11-13-17-47(45)49(37-19-27-41(28-20-37)51(5)6)38-21-29-42(30-22-38)52(7)8/h11-36H,9-10H2,1-8H3/q+2/t35-,36-/m1/s1. The molecule has 0 aliphatic heterocycles. The molecule has 4 nitrogen and oxygen atoms in total. The van der Waals surface area contributed by atoms with Crippen molar-refractivity contribution in [2.45, 2.75) is 52.7 Å². The fraction of sp³-hybridized carbons (Fsp3) is 0.240. The van der Waals surface area contributed by atoms with Gasteiger partial charge in [-0.2, -0.15) is 0 Å². The lowest BCUT2D eigenvalue weighted by Crippen LogP contribution is -2.12. The molecular formula is C50H54N2O2+2. The summed E-state index contributed by atoms with van der Waals surface area (Å²) < 4.78 is 12.4. The lowest BCUT2D eigenvalue weighted by molar-refractivity contribution is 0.217. The third-order valence-electron chi connectivity index (χ3n) is 10.1. The van der Waals surface area contributed by atoms with E-state index in [1.54, 1.807) is 0 Å². The molecule has 6 rings (SSSR count). The van der Waals surface area contributed by atoms with Crippen LogP contribution in [0.1, 0.15) is 73.9 Å². The molecule has 0 saturated carbocycles. The summed E-state index contributed by atoms with van der Waals surface area (Å²) in [6, 6.07) is 52.6. The van der Waals surface area contributed by atoms with E-state index in [1.807, 2.05) is 0 Å². The Morgan fingerprint density at radius 3 is 1.02 bits per heavy atom. The molecule has 0 aromatic heterocycles. The van der Waals surface area contributed by atoms with Crippen LogP contribution >= 0.6 is 0 Å². The highest BCUT2D eigenvalue weighted by atomic mass is 16.5. The van der Waals surface area contributed by atoms with E-state index in [0.29, 0.717) is 0 Å². The van der Waals surface area contributed by atoms with Crippen molar-refractivity contribution >= 4 is 11.4 Å². The number of anilines is 2. The van der Waals surface area contributed by atoms with Crippen LogP contribution < -0.4 is 19.3 Å². The average molecular weight is 715 g/mol. The van der Waals surface area contributed by atoms with Crippen LogP contribution in [0.3, 0.4) is 0 Å². The average Bonchev–Trinajstić information content (AvgIpc) is 3.20. The Hall–Kier alpha value is -5.74. The van der Waals surface area contributed by atoms with Gasteiger partial charge in [0.2, 0.25) is 0 Å². The molecule has 2 atom stereocenters. The number of benzene rings is 6. The van der Waals surface area contributed by atoms with Crippen molar-refractivity contribution in [1.82, 2.24) is 0 Å². The summed E-state index contributed by atoms with van der Waals surface area (Å²) in [6.45, 7) is 8.52. The van der Waals surface area contributed by atoms with Gasteiger partial charge in [-0.3, -0.25) is 0 Å². The van der Waals surface area contributed by atoms with Crippen LogP contribution in [0.25, 0.3) is 11.1 Å². The topological polar surface area (TPSA) is 24.9 Å². The van der Waals surface area contributed by atoms with Crippen LogP contribution in [0, 0.1) is 11.8 Å². The molecule has 0 aliphatic carbocycles. The highest BCUT2D eigenvalue weighted by Crippen LogP contribution is 2.43. The van der Waals surface area contributed by atoms with Gasteiger partial charge < -0.3 is 19.3 Å². The summed E-state index contributed by atoms with van der Waals surface area (Å²) in [5.74, 6) is 4.10. The van der Waals surface area contributed by atoms with Gasteiger partial charge in [0.05, 0.1) is 68.6 Å². The van der Waals surface area contributed by atoms with Crippen molar-refractivity contribution in [3.05, 3.63) is 191 Å². The minimum absolute atomic E-state index is 0.151. The van der Waals surface area contributed by atoms with Gasteiger partial charge in [-0.15, -0.1) is 0 Å². The Labute approximate surface area is 324 Å². The molecule has 0 amide bonds. The number of ether oxygens (including phenoxy) is 2. The van der Waals surface area contributed by atoms with E-state index in [4.69, 9.17) is 9.47 Å². The predicted molar refractivity (Wildman–Crippen MR) is 228 cm³/mol. The van der Waals surface area contributed by atoms with Crippen molar-refractivity contribution in [1.29, 1.82) is 0 Å². The minimum Gasteiger partial charge on any atom is -0.490 e. The normalized spacial score (nSPS) is 12.1. The van der Waals surface area contributed by atoms with Gasteiger partial charge >= 0.3 is 0 Å². The van der Waals surface area contributed by atoms with E-state index in [-0.39, 0.29) is 12.2 Å². The molecule has 0 heterocycles. The van der Waals surface area contributed by atoms with Crippen LogP contribution in [0.15, 0.2) is 146 Å². The van der Waals surface area contributed by atoms with Gasteiger partial charge in [-0.05, 0) is 148 Å². The van der Waals surface area contributed by atoms with Crippen molar-refractivity contribution in [2.24, 2.45) is 0 Å². The van der Waals surface area contributed by atoms with Gasteiger partial charge in [0.25, 0.3) is 0 Å². The van der Waals surface area contributed by atoms with E-state index >= 15 is 0 Å². The summed E-state index contributed by atoms with van der Waals surface area (Å²) in [4.78, 5) is 4.28. The van der Waals surface area contributed by atoms with E-state index in [0.717, 1.165) is 52.5 Å². The Balaban J connectivity index is 1.51. The van der Waals surface area contributed by atoms with Gasteiger partial charge in [0.15, 0.2) is 0 Å². The zero-order valence-electron chi connectivity index (χ0n) is 33.1. The quantitative estimate of drug-likeness (QED) is 0.0781. The number of hydrogen-bond donors (Lipinski definition) is 0. The fourth-order valence-electron chi connectivity index (χ4n) is 6.71. The minimum atomic E-state index is 0.151. The van der Waals surface area contributed by atoms with E-state index in [2.05, 4.69) is 211 Å². The molecule has 0 spiro atoms. The first-order chi connectivity index (χ1) is 26.2. The molecule has 6 aromatic carbocycles. The molecule has 274 valence electrons. The third-order valence-corrected chi connectivity index (χ3v) is 10.1. The first-order valence-corrected chi connectivity index (χ1v) is 19.2. The van der Waals surface area contributed by atoms with Crippen LogP contribution in [-0.2, 0) is 0 Å². The Morgan fingerprint density at radius 2 is 0.722 bits per heavy atom. The Morgan fingerprint density at radius 1 is 0.426 bits per heavy atom. The summed E-state index contributed by atoms with van der Waals surface area (Å²) >= 11 is 0. The van der Waals surface area contributed by atoms with E-state index in [1.165, 1.54) is 39.5 Å². The van der Waals surface area contributed by atoms with Gasteiger partial charge in [0.1, 0.15) is 11.5 Å². The van der Waals surface area contributed by atoms with E-state index in [9.17, 15) is 0 Å². The molecular weight excluding hydrogens is 661 g/mol. The van der Waals surface area contributed by atoms with Crippen molar-refractivity contribution in [3.8, 4) is 22.6 Å². The molecule has 0 unspecified atom stereocenters. The first kappa shape index (κ1) is 38.0. The first-order valence-electron chi connectivity index (χ1n) is 19.2. The highest BCUT2D eigenvalue weighted by molar-refractivity contribution is 5.81. The third kappa shape index (κ3) is 8.72. The second-order valence-corrected chi connectivity index (χ2v) is 14.4. The molecule has 0 fully saturated rings. The van der Waals surface area contributed by atoms with Crippen molar-refractivity contribution in [3.63, 3.8) is 0 Å². The predicted octanol–water partition coefficient (Wildman–Crippen LogP) is 11.9. The molecule has 0 N–H and O–H groups in total. The molecule has 54 heavy (non-hydrogen) atoms. The molecule has 0 saturated heterocycles. The maximum absolute atomic E-state index is 6.20. The largest absolute Gasteiger partial charge is 0.490 e. The van der Waals surface area contributed by atoms with E-state index < -0.39 is 0 Å². The molecule has 6 aromatic rings. The zero-order valence-corrected chi connectivity index (χ0v) is 33.1. The zero-order chi connectivity index (χ0) is 38.2. The Bertz CT molecular complexity index is 1960. The maximum atomic E-state index is 6.20. The summed E-state index contributed by atoms with van der Waals surface area (Å²) in [6.07, 6.45) is 2.21. The molecule has 4 heteroatoms. The van der Waals surface area contributed by atoms with Gasteiger partial charge in [-0.1, -0.05) is 13.8 Å². The number of hydrogen-bond acceptors (Lipinski definition) is 4. The summed E-state index contributed by atoms with van der Waals surface area (Å²) in [7, 11) is 8.33. The van der Waals surface area contributed by atoms with Crippen LogP contribution in [-0.4, -0.2) is 40.4 Å². The summed E-state index contributed by atoms with van der Waals surface area (Å²) in [5, 5.41) is 0. The second kappa shape index (κ2) is 17.4. The lowest BCUT2D eigenvalue weighted by Gasteiger charge is -2.21. The Kier molecular flexibility index (Phi) is 12.2. The number of rotatable bonds is 15. The van der Waals surface area contributed by atoms with Crippen LogP contribution in [0.5, 0.6) is 11.5 Å². The van der Waals surface area contributed by atoms with Gasteiger partial charge in [-0.25, -0.2) is 0 Å². The highest BCUT2D eigenvalue weighted by Gasteiger charge is 2.32. The smallest absolute Gasteiger partial charge is 0.130 e. The fourth-order valence-corrected chi connectivity index (χ4v) is 6.71. The maximum Gasteiger partial charge on any atom is 0.130 e. The number of nitrogens with zero attached hydrogens (tertiary/aromatic N) is 2. The lowest BCUT2D eigenvalue weighted by atomic mass is 9.77. The van der Waals surface area contributed by atoms with Crippen molar-refractivity contribution < 1.29 is 9.47 Å². The van der Waals surface area contributed by atoms with Crippen LogP contribution in [0.2, 0.25) is 0 Å².